The van der Waals surface area contributed by atoms with Crippen LogP contribution in [-0.2, 0) is 6.18 Å². The number of hydrogen-bond acceptors (Lipinski definition) is 3. The molecule has 2 heterocycles. The molecule has 33 heavy (non-hydrogen) atoms. The van der Waals surface area contributed by atoms with Crippen LogP contribution in [0.15, 0.2) is 48.7 Å². The number of hydrogen-bond donors (Lipinski definition) is 1. The highest BCUT2D eigenvalue weighted by Gasteiger charge is 2.55. The summed E-state index contributed by atoms with van der Waals surface area (Å²) in [5, 5.41) is 13.9. The lowest BCUT2D eigenvalue weighted by Crippen LogP contribution is -2.64. The molecule has 2 aromatic carbocycles. The molecule has 1 spiro atoms. The Morgan fingerprint density at radius 2 is 1.85 bits per heavy atom. The van der Waals surface area contributed by atoms with Gasteiger partial charge in [0.1, 0.15) is 11.6 Å². The number of aromatic nitrogens is 2. The number of likely N-dealkylation sites (tertiary alicyclic amines) is 1. The van der Waals surface area contributed by atoms with Gasteiger partial charge in [-0.3, -0.25) is 9.48 Å². The lowest BCUT2D eigenvalue weighted by atomic mass is 9.60. The van der Waals surface area contributed by atoms with E-state index in [9.17, 15) is 27.5 Å². The van der Waals surface area contributed by atoms with Crippen molar-refractivity contribution in [1.29, 1.82) is 0 Å². The largest absolute Gasteiger partial charge is 0.508 e. The fraction of sp³-hybridized carbons (Fsp3) is 0.333. The molecular formula is C24H21F4N3O2. The topological polar surface area (TPSA) is 58.4 Å². The molecule has 2 aliphatic rings. The molecule has 0 radical (unpaired) electrons. The lowest BCUT2D eigenvalue weighted by molar-refractivity contribution is -0.137. The van der Waals surface area contributed by atoms with Crippen LogP contribution in [0.4, 0.5) is 17.6 Å². The molecule has 172 valence electrons. The van der Waals surface area contributed by atoms with E-state index in [4.69, 9.17) is 0 Å². The standard InChI is InChI=1S/C24H21F4N3O2/c1-14-11-29-31(21(14)17-4-2-3-5-19(17)24(26,27)28)15-9-23(10-15)12-30(13-23)22(33)18-8-16(32)6-7-20(18)25/h2-8,11,15,32H,9-10,12-13H2,1H3. The Balaban J connectivity index is 1.32. The number of amides is 1. The summed E-state index contributed by atoms with van der Waals surface area (Å²) in [6.45, 7) is 2.62. The first-order valence-corrected chi connectivity index (χ1v) is 10.6. The minimum Gasteiger partial charge on any atom is -0.508 e. The molecule has 1 saturated carbocycles. The van der Waals surface area contributed by atoms with Gasteiger partial charge in [-0.05, 0) is 49.6 Å². The molecule has 1 aromatic heterocycles. The highest BCUT2D eigenvalue weighted by Crippen LogP contribution is 2.55. The summed E-state index contributed by atoms with van der Waals surface area (Å²) in [6.07, 6.45) is -1.56. The van der Waals surface area contributed by atoms with E-state index in [-0.39, 0.29) is 28.3 Å². The number of carbonyl (C=O) groups excluding carboxylic acids is 1. The number of aryl methyl sites for hydroxylation is 1. The number of nitrogens with zero attached hydrogens (tertiary/aromatic N) is 3. The third-order valence-corrected chi connectivity index (χ3v) is 6.67. The highest BCUT2D eigenvalue weighted by molar-refractivity contribution is 5.95. The second-order valence-electron chi connectivity index (χ2n) is 9.05. The summed E-state index contributed by atoms with van der Waals surface area (Å²) in [5.74, 6) is -1.35. The molecule has 2 fully saturated rings. The third-order valence-electron chi connectivity index (χ3n) is 6.67. The van der Waals surface area contributed by atoms with E-state index in [0.29, 0.717) is 37.2 Å². The van der Waals surface area contributed by atoms with E-state index < -0.39 is 23.5 Å². The van der Waals surface area contributed by atoms with E-state index in [1.165, 1.54) is 23.1 Å². The predicted molar refractivity (Wildman–Crippen MR) is 112 cm³/mol. The minimum absolute atomic E-state index is 0.0789. The summed E-state index contributed by atoms with van der Waals surface area (Å²) in [6, 6.07) is 8.76. The van der Waals surface area contributed by atoms with Gasteiger partial charge >= 0.3 is 6.18 Å². The van der Waals surface area contributed by atoms with E-state index in [1.807, 2.05) is 0 Å². The maximum absolute atomic E-state index is 14.0. The molecule has 1 amide bonds. The monoisotopic (exact) mass is 459 g/mol. The van der Waals surface area contributed by atoms with Gasteiger partial charge in [-0.25, -0.2) is 4.39 Å². The van der Waals surface area contributed by atoms with E-state index in [0.717, 1.165) is 18.2 Å². The van der Waals surface area contributed by atoms with Crippen molar-refractivity contribution in [3.05, 3.63) is 71.2 Å². The molecule has 9 heteroatoms. The van der Waals surface area contributed by atoms with Crippen LogP contribution in [0.3, 0.4) is 0 Å². The predicted octanol–water partition coefficient (Wildman–Crippen LogP) is 5.20. The molecule has 1 aliphatic carbocycles. The first-order valence-electron chi connectivity index (χ1n) is 10.6. The van der Waals surface area contributed by atoms with Crippen LogP contribution in [0.5, 0.6) is 5.75 Å². The Morgan fingerprint density at radius 3 is 2.55 bits per heavy atom. The fourth-order valence-corrected chi connectivity index (χ4v) is 5.12. The van der Waals surface area contributed by atoms with Crippen LogP contribution in [0.25, 0.3) is 11.3 Å². The van der Waals surface area contributed by atoms with Gasteiger partial charge < -0.3 is 10.0 Å². The van der Waals surface area contributed by atoms with Crippen LogP contribution in [0.1, 0.15) is 40.4 Å². The van der Waals surface area contributed by atoms with Crippen molar-refractivity contribution in [3.63, 3.8) is 0 Å². The second kappa shape index (κ2) is 7.33. The zero-order valence-corrected chi connectivity index (χ0v) is 17.7. The minimum atomic E-state index is -4.48. The van der Waals surface area contributed by atoms with Crippen molar-refractivity contribution in [2.75, 3.05) is 13.1 Å². The summed E-state index contributed by atoms with van der Waals surface area (Å²) >= 11 is 0. The van der Waals surface area contributed by atoms with Crippen LogP contribution in [0, 0.1) is 18.2 Å². The molecular weight excluding hydrogens is 438 g/mol. The molecule has 0 bridgehead atoms. The average Bonchev–Trinajstić information content (AvgIpc) is 3.08. The van der Waals surface area contributed by atoms with Crippen LogP contribution >= 0.6 is 0 Å². The van der Waals surface area contributed by atoms with Crippen LogP contribution < -0.4 is 0 Å². The van der Waals surface area contributed by atoms with Gasteiger partial charge in [0.25, 0.3) is 5.91 Å². The second-order valence-corrected chi connectivity index (χ2v) is 9.05. The third kappa shape index (κ3) is 3.55. The first-order chi connectivity index (χ1) is 15.6. The molecule has 1 saturated heterocycles. The number of rotatable bonds is 3. The van der Waals surface area contributed by atoms with Gasteiger partial charge in [0.2, 0.25) is 0 Å². The number of phenols is 1. The zero-order chi connectivity index (χ0) is 23.5. The molecule has 3 aromatic rings. The van der Waals surface area contributed by atoms with Gasteiger partial charge in [-0.15, -0.1) is 0 Å². The maximum Gasteiger partial charge on any atom is 0.417 e. The summed E-state index contributed by atoms with van der Waals surface area (Å²) in [4.78, 5) is 14.1. The van der Waals surface area contributed by atoms with Gasteiger partial charge in [0.05, 0.1) is 29.1 Å². The molecule has 1 aliphatic heterocycles. The first kappa shape index (κ1) is 21.5. The Morgan fingerprint density at radius 1 is 1.15 bits per heavy atom. The average molecular weight is 459 g/mol. The summed E-state index contributed by atoms with van der Waals surface area (Å²) < 4.78 is 56.4. The van der Waals surface area contributed by atoms with Crippen molar-refractivity contribution in [2.45, 2.75) is 32.0 Å². The maximum atomic E-state index is 14.0. The van der Waals surface area contributed by atoms with Gasteiger partial charge in [0.15, 0.2) is 0 Å². The lowest BCUT2D eigenvalue weighted by Gasteiger charge is -2.59. The molecule has 5 nitrogen and oxygen atoms in total. The molecule has 0 atom stereocenters. The highest BCUT2D eigenvalue weighted by atomic mass is 19.4. The van der Waals surface area contributed by atoms with Crippen molar-refractivity contribution in [1.82, 2.24) is 14.7 Å². The Bertz CT molecular complexity index is 1240. The SMILES string of the molecule is Cc1cnn(C2CC3(C2)CN(C(=O)c2cc(O)ccc2F)C3)c1-c1ccccc1C(F)(F)F. The van der Waals surface area contributed by atoms with E-state index in [1.54, 1.807) is 23.9 Å². The molecule has 1 N–H and O–H groups in total. The van der Waals surface area contributed by atoms with Gasteiger partial charge in [-0.2, -0.15) is 18.3 Å². The zero-order valence-electron chi connectivity index (χ0n) is 17.7. The number of aromatic hydroxyl groups is 1. The van der Waals surface area contributed by atoms with Gasteiger partial charge in [-0.1, -0.05) is 18.2 Å². The fourth-order valence-electron chi connectivity index (χ4n) is 5.12. The van der Waals surface area contributed by atoms with Crippen molar-refractivity contribution >= 4 is 5.91 Å². The normalized spacial score (nSPS) is 17.7. The van der Waals surface area contributed by atoms with E-state index >= 15 is 0 Å². The smallest absolute Gasteiger partial charge is 0.417 e. The molecule has 0 unspecified atom stereocenters. The number of carbonyl (C=O) groups is 1. The van der Waals surface area contributed by atoms with Crippen molar-refractivity contribution < 1.29 is 27.5 Å². The molecule has 5 rings (SSSR count). The number of phenolic OH excluding ortho intramolecular Hbond substituents is 1. The van der Waals surface area contributed by atoms with Gasteiger partial charge in [0, 0.05) is 24.1 Å². The summed E-state index contributed by atoms with van der Waals surface area (Å²) in [7, 11) is 0. The number of halogens is 4. The van der Waals surface area contributed by atoms with Crippen LogP contribution in [-0.4, -0.2) is 38.8 Å². The Hall–Kier alpha value is -3.36. The number of alkyl halides is 3. The number of benzene rings is 2. The van der Waals surface area contributed by atoms with E-state index in [2.05, 4.69) is 5.10 Å². The van der Waals surface area contributed by atoms with Crippen molar-refractivity contribution in [3.8, 4) is 17.0 Å². The van der Waals surface area contributed by atoms with Crippen LogP contribution in [0.2, 0.25) is 0 Å². The quantitative estimate of drug-likeness (QED) is 0.548. The Kier molecular flexibility index (Phi) is 4.77. The Labute approximate surface area is 187 Å². The summed E-state index contributed by atoms with van der Waals surface area (Å²) in [5.41, 5.74) is 0.209. The van der Waals surface area contributed by atoms with Crippen molar-refractivity contribution in [2.24, 2.45) is 5.41 Å².